The van der Waals surface area contributed by atoms with E-state index in [2.05, 4.69) is 25.6 Å². The van der Waals surface area contributed by atoms with Crippen molar-refractivity contribution in [1.82, 2.24) is 15.0 Å². The van der Waals surface area contributed by atoms with Crippen LogP contribution in [0.4, 0.5) is 20.8 Å². The van der Waals surface area contributed by atoms with Crippen LogP contribution in [-0.2, 0) is 6.54 Å². The molecule has 9 heteroatoms. The van der Waals surface area contributed by atoms with E-state index >= 15 is 0 Å². The van der Waals surface area contributed by atoms with Crippen molar-refractivity contribution >= 4 is 28.8 Å². The Morgan fingerprint density at radius 3 is 2.44 bits per heavy atom. The van der Waals surface area contributed by atoms with E-state index in [1.807, 2.05) is 19.1 Å². The van der Waals surface area contributed by atoms with Crippen molar-refractivity contribution in [2.45, 2.75) is 13.5 Å². The molecular weight excluding hydrogens is 413 g/mol. The SMILES string of the molecule is CCOc1nc(NCc2ccc(F)cc2)nc2ccc(-c3ccc(NC(=O)O)cc3)nc12. The minimum atomic E-state index is -1.12. The molecule has 2 heterocycles. The fraction of sp³-hybridized carbons (Fsp3) is 0.130. The Morgan fingerprint density at radius 1 is 1.00 bits per heavy atom. The van der Waals surface area contributed by atoms with E-state index in [1.54, 1.807) is 36.4 Å². The third kappa shape index (κ3) is 4.89. The van der Waals surface area contributed by atoms with Gasteiger partial charge in [-0.2, -0.15) is 4.98 Å². The summed E-state index contributed by atoms with van der Waals surface area (Å²) in [5, 5.41) is 14.3. The molecule has 0 atom stereocenters. The summed E-state index contributed by atoms with van der Waals surface area (Å²) in [6, 6.07) is 16.7. The number of carbonyl (C=O) groups is 1. The standard InChI is InChI=1S/C23H20FN5O3/c1-2-32-21-20-19(28-22(29-21)25-13-14-3-7-16(24)8-4-14)12-11-18(27-20)15-5-9-17(10-6-15)26-23(30)31/h3-12,26H,2,13H2,1H3,(H,30,31)(H,25,28,29). The van der Waals surface area contributed by atoms with Gasteiger partial charge in [0.2, 0.25) is 11.8 Å². The average molecular weight is 433 g/mol. The van der Waals surface area contributed by atoms with E-state index in [0.29, 0.717) is 47.4 Å². The highest BCUT2D eigenvalue weighted by atomic mass is 19.1. The molecule has 0 unspecified atom stereocenters. The third-order valence-corrected chi connectivity index (χ3v) is 4.59. The van der Waals surface area contributed by atoms with Crippen LogP contribution in [0.1, 0.15) is 12.5 Å². The molecular formula is C23H20FN5O3. The summed E-state index contributed by atoms with van der Waals surface area (Å²) in [6.45, 7) is 2.70. The molecule has 8 nitrogen and oxygen atoms in total. The number of hydrogen-bond acceptors (Lipinski definition) is 6. The molecule has 3 N–H and O–H groups in total. The Labute approximate surface area is 183 Å². The van der Waals surface area contributed by atoms with Crippen LogP contribution in [0, 0.1) is 5.82 Å². The molecule has 0 aliphatic heterocycles. The molecule has 32 heavy (non-hydrogen) atoms. The van der Waals surface area contributed by atoms with Crippen molar-refractivity contribution in [3.8, 4) is 17.1 Å². The minimum absolute atomic E-state index is 0.288. The van der Waals surface area contributed by atoms with Crippen molar-refractivity contribution in [2.24, 2.45) is 0 Å². The summed E-state index contributed by atoms with van der Waals surface area (Å²) in [5.41, 5.74) is 3.97. The fourth-order valence-corrected chi connectivity index (χ4v) is 3.10. The number of aromatic nitrogens is 3. The molecule has 0 bridgehead atoms. The molecule has 0 spiro atoms. The molecule has 0 radical (unpaired) electrons. The summed E-state index contributed by atoms with van der Waals surface area (Å²) in [4.78, 5) is 24.4. The van der Waals surface area contributed by atoms with Gasteiger partial charge in [-0.25, -0.2) is 19.2 Å². The van der Waals surface area contributed by atoms with E-state index in [4.69, 9.17) is 9.84 Å². The lowest BCUT2D eigenvalue weighted by atomic mass is 10.1. The summed E-state index contributed by atoms with van der Waals surface area (Å²) < 4.78 is 18.8. The zero-order valence-corrected chi connectivity index (χ0v) is 17.2. The van der Waals surface area contributed by atoms with E-state index in [1.165, 1.54) is 12.1 Å². The Morgan fingerprint density at radius 2 is 1.75 bits per heavy atom. The topological polar surface area (TPSA) is 109 Å². The van der Waals surface area contributed by atoms with Gasteiger partial charge in [0, 0.05) is 17.8 Å². The molecule has 0 fully saturated rings. The summed E-state index contributed by atoms with van der Waals surface area (Å²) in [7, 11) is 0. The van der Waals surface area contributed by atoms with E-state index in [9.17, 15) is 9.18 Å². The number of amides is 1. The van der Waals surface area contributed by atoms with Crippen LogP contribution in [0.15, 0.2) is 60.7 Å². The quantitative estimate of drug-likeness (QED) is 0.379. The zero-order valence-electron chi connectivity index (χ0n) is 17.2. The van der Waals surface area contributed by atoms with Gasteiger partial charge in [0.15, 0.2) is 5.52 Å². The number of carboxylic acid groups (broad SMARTS) is 1. The fourth-order valence-electron chi connectivity index (χ4n) is 3.10. The molecule has 4 aromatic rings. The molecule has 4 rings (SSSR count). The number of rotatable bonds is 7. The number of anilines is 2. The Balaban J connectivity index is 1.62. The minimum Gasteiger partial charge on any atom is -0.476 e. The van der Waals surface area contributed by atoms with Gasteiger partial charge in [0.25, 0.3) is 0 Å². The highest BCUT2D eigenvalue weighted by molar-refractivity contribution is 5.85. The molecule has 0 aliphatic rings. The molecule has 162 valence electrons. The normalized spacial score (nSPS) is 10.7. The number of nitrogens with one attached hydrogen (secondary N) is 2. The summed E-state index contributed by atoms with van der Waals surface area (Å²) in [6.07, 6.45) is -1.12. The van der Waals surface area contributed by atoms with Crippen LogP contribution >= 0.6 is 0 Å². The maximum atomic E-state index is 13.1. The van der Waals surface area contributed by atoms with Crippen LogP contribution in [0.3, 0.4) is 0 Å². The number of nitrogens with zero attached hydrogens (tertiary/aromatic N) is 3. The zero-order chi connectivity index (χ0) is 22.5. The average Bonchev–Trinajstić information content (AvgIpc) is 2.79. The number of benzene rings is 2. The van der Waals surface area contributed by atoms with Crippen molar-refractivity contribution < 1.29 is 19.0 Å². The second kappa shape index (κ2) is 9.25. The smallest absolute Gasteiger partial charge is 0.409 e. The van der Waals surface area contributed by atoms with Crippen molar-refractivity contribution in [3.05, 3.63) is 72.0 Å². The highest BCUT2D eigenvalue weighted by Gasteiger charge is 2.12. The predicted molar refractivity (Wildman–Crippen MR) is 119 cm³/mol. The van der Waals surface area contributed by atoms with Gasteiger partial charge in [-0.05, 0) is 48.9 Å². The van der Waals surface area contributed by atoms with Crippen LogP contribution < -0.4 is 15.4 Å². The lowest BCUT2D eigenvalue weighted by Gasteiger charge is -2.11. The summed E-state index contributed by atoms with van der Waals surface area (Å²) >= 11 is 0. The van der Waals surface area contributed by atoms with Crippen molar-refractivity contribution in [1.29, 1.82) is 0 Å². The third-order valence-electron chi connectivity index (χ3n) is 4.59. The van der Waals surface area contributed by atoms with E-state index < -0.39 is 6.09 Å². The monoisotopic (exact) mass is 433 g/mol. The first-order valence-corrected chi connectivity index (χ1v) is 9.92. The van der Waals surface area contributed by atoms with Gasteiger partial charge in [-0.15, -0.1) is 0 Å². The van der Waals surface area contributed by atoms with Gasteiger partial charge in [0.05, 0.1) is 17.8 Å². The first-order valence-electron chi connectivity index (χ1n) is 9.92. The first kappa shape index (κ1) is 21.0. The van der Waals surface area contributed by atoms with Gasteiger partial charge in [-0.3, -0.25) is 5.32 Å². The van der Waals surface area contributed by atoms with Crippen LogP contribution in [-0.4, -0.2) is 32.8 Å². The van der Waals surface area contributed by atoms with Gasteiger partial charge >= 0.3 is 6.09 Å². The van der Waals surface area contributed by atoms with Gasteiger partial charge in [0.1, 0.15) is 5.82 Å². The second-order valence-corrected chi connectivity index (χ2v) is 6.84. The lowest BCUT2D eigenvalue weighted by molar-refractivity contribution is 0.209. The first-order chi connectivity index (χ1) is 15.5. The maximum absolute atomic E-state index is 13.1. The Kier molecular flexibility index (Phi) is 6.07. The largest absolute Gasteiger partial charge is 0.476 e. The second-order valence-electron chi connectivity index (χ2n) is 6.84. The lowest BCUT2D eigenvalue weighted by Crippen LogP contribution is -2.07. The molecule has 2 aromatic carbocycles. The number of halogens is 1. The van der Waals surface area contributed by atoms with Crippen LogP contribution in [0.25, 0.3) is 22.3 Å². The Bertz CT molecular complexity index is 1250. The van der Waals surface area contributed by atoms with Crippen LogP contribution in [0.5, 0.6) is 5.88 Å². The van der Waals surface area contributed by atoms with Crippen molar-refractivity contribution in [3.63, 3.8) is 0 Å². The number of ether oxygens (including phenoxy) is 1. The maximum Gasteiger partial charge on any atom is 0.409 e. The molecule has 0 aliphatic carbocycles. The number of fused-ring (bicyclic) bond motifs is 1. The molecule has 1 amide bonds. The summed E-state index contributed by atoms with van der Waals surface area (Å²) in [5.74, 6) is 0.443. The number of pyridine rings is 1. The van der Waals surface area contributed by atoms with Crippen LogP contribution in [0.2, 0.25) is 0 Å². The van der Waals surface area contributed by atoms with E-state index in [-0.39, 0.29) is 5.82 Å². The molecule has 2 aromatic heterocycles. The highest BCUT2D eigenvalue weighted by Crippen LogP contribution is 2.27. The number of hydrogen-bond donors (Lipinski definition) is 3. The molecule has 0 saturated carbocycles. The van der Waals surface area contributed by atoms with E-state index in [0.717, 1.165) is 11.1 Å². The Hall–Kier alpha value is -4.27. The predicted octanol–water partition coefficient (Wildman–Crippen LogP) is 4.93. The van der Waals surface area contributed by atoms with Gasteiger partial charge < -0.3 is 15.2 Å². The van der Waals surface area contributed by atoms with Crippen molar-refractivity contribution in [2.75, 3.05) is 17.2 Å². The molecule has 0 saturated heterocycles. The van der Waals surface area contributed by atoms with Gasteiger partial charge in [-0.1, -0.05) is 24.3 Å².